The van der Waals surface area contributed by atoms with E-state index in [4.69, 9.17) is 11.5 Å². The molecule has 7 nitrogen and oxygen atoms in total. The average Bonchev–Trinajstić information content (AvgIpc) is 2.15. The summed E-state index contributed by atoms with van der Waals surface area (Å²) in [6.07, 6.45) is 0. The maximum atomic E-state index is 11.3. The van der Waals surface area contributed by atoms with E-state index < -0.39 is 16.6 Å². The minimum absolute atomic E-state index is 0.0156. The third-order valence-electron chi connectivity index (χ3n) is 1.89. The number of esters is 1. The number of nitrogen functional groups attached to an aromatic ring is 2. The molecule has 1 aromatic rings. The minimum atomic E-state index is -0.814. The summed E-state index contributed by atoms with van der Waals surface area (Å²) < 4.78 is 4.55. The van der Waals surface area contributed by atoms with Crippen molar-refractivity contribution >= 4 is 39.0 Å². The molecule has 0 atom stereocenters. The second-order valence-electron chi connectivity index (χ2n) is 2.83. The number of benzene rings is 1. The van der Waals surface area contributed by atoms with Crippen molar-refractivity contribution in [1.29, 1.82) is 0 Å². The molecule has 0 radical (unpaired) electrons. The number of hydrogen-bond acceptors (Lipinski definition) is 6. The molecule has 0 fully saturated rings. The lowest BCUT2D eigenvalue weighted by atomic mass is 10.1. The number of rotatable bonds is 2. The van der Waals surface area contributed by atoms with Crippen LogP contribution >= 0.6 is 15.9 Å². The molecule has 0 unspecified atom stereocenters. The van der Waals surface area contributed by atoms with E-state index in [1.54, 1.807) is 0 Å². The van der Waals surface area contributed by atoms with Gasteiger partial charge in [-0.3, -0.25) is 10.1 Å². The van der Waals surface area contributed by atoms with Crippen LogP contribution in [0.15, 0.2) is 10.5 Å². The molecule has 4 N–H and O–H groups in total. The first-order valence-corrected chi connectivity index (χ1v) is 4.79. The van der Waals surface area contributed by atoms with Crippen molar-refractivity contribution < 1.29 is 14.5 Å². The first kappa shape index (κ1) is 12.2. The number of carbonyl (C=O) groups excluding carboxylic acids is 1. The van der Waals surface area contributed by atoms with Crippen molar-refractivity contribution in [2.24, 2.45) is 0 Å². The Labute approximate surface area is 98.6 Å². The van der Waals surface area contributed by atoms with Crippen molar-refractivity contribution in [3.63, 3.8) is 0 Å². The molecule has 1 aromatic carbocycles. The van der Waals surface area contributed by atoms with Gasteiger partial charge in [0.25, 0.3) is 0 Å². The van der Waals surface area contributed by atoms with Crippen LogP contribution in [-0.2, 0) is 4.74 Å². The molecule has 0 aliphatic heterocycles. The summed E-state index contributed by atoms with van der Waals surface area (Å²) in [5.74, 6) is -0.814. The SMILES string of the molecule is COC(=O)c1c(N)cc(Br)c([N+](=O)[O-])c1N. The lowest BCUT2D eigenvalue weighted by molar-refractivity contribution is -0.384. The molecule has 0 aliphatic carbocycles. The van der Waals surface area contributed by atoms with Crippen LogP contribution in [0, 0.1) is 10.1 Å². The summed E-state index contributed by atoms with van der Waals surface area (Å²) in [7, 11) is 1.13. The standard InChI is InChI=1S/C8H8BrN3O4/c1-16-8(13)5-4(10)2-3(9)7(6(5)11)12(14)15/h2H,10-11H2,1H3. The van der Waals surface area contributed by atoms with E-state index in [1.807, 2.05) is 0 Å². The zero-order valence-electron chi connectivity index (χ0n) is 8.19. The summed E-state index contributed by atoms with van der Waals surface area (Å²) >= 11 is 2.95. The Hall–Kier alpha value is -1.83. The van der Waals surface area contributed by atoms with E-state index in [9.17, 15) is 14.9 Å². The Balaban J connectivity index is 3.57. The summed E-state index contributed by atoms with van der Waals surface area (Å²) in [6.45, 7) is 0. The van der Waals surface area contributed by atoms with Crippen LogP contribution in [0.5, 0.6) is 0 Å². The molecule has 0 bridgehead atoms. The zero-order valence-corrected chi connectivity index (χ0v) is 9.78. The topological polar surface area (TPSA) is 121 Å². The van der Waals surface area contributed by atoms with Gasteiger partial charge in [-0.2, -0.15) is 0 Å². The Morgan fingerprint density at radius 3 is 2.56 bits per heavy atom. The van der Waals surface area contributed by atoms with Crippen molar-refractivity contribution in [1.82, 2.24) is 0 Å². The summed E-state index contributed by atoms with van der Waals surface area (Å²) in [4.78, 5) is 21.3. The predicted molar refractivity (Wildman–Crippen MR) is 61.0 cm³/mol. The molecule has 0 saturated heterocycles. The van der Waals surface area contributed by atoms with Gasteiger partial charge in [0.2, 0.25) is 0 Å². The molecule has 86 valence electrons. The molecule has 1 rings (SSSR count). The summed E-state index contributed by atoms with van der Waals surface area (Å²) in [5, 5.41) is 10.7. The van der Waals surface area contributed by atoms with E-state index >= 15 is 0 Å². The monoisotopic (exact) mass is 289 g/mol. The quantitative estimate of drug-likeness (QED) is 0.366. The maximum Gasteiger partial charge on any atom is 0.342 e. The number of nitrogens with zero attached hydrogens (tertiary/aromatic N) is 1. The van der Waals surface area contributed by atoms with E-state index in [-0.39, 0.29) is 21.4 Å². The molecule has 0 heterocycles. The third-order valence-corrected chi connectivity index (χ3v) is 2.50. The van der Waals surface area contributed by atoms with Crippen molar-refractivity contribution in [2.45, 2.75) is 0 Å². The molecule has 0 aromatic heterocycles. The molecule has 0 saturated carbocycles. The smallest absolute Gasteiger partial charge is 0.342 e. The minimum Gasteiger partial charge on any atom is -0.465 e. The highest BCUT2D eigenvalue weighted by Gasteiger charge is 2.26. The molecule has 8 heteroatoms. The number of ether oxygens (including phenoxy) is 1. The molecule has 0 amide bonds. The van der Waals surface area contributed by atoms with Crippen molar-refractivity contribution in [3.05, 3.63) is 26.2 Å². The van der Waals surface area contributed by atoms with Gasteiger partial charge in [0.15, 0.2) is 0 Å². The van der Waals surface area contributed by atoms with E-state index in [0.29, 0.717) is 0 Å². The Morgan fingerprint density at radius 1 is 1.56 bits per heavy atom. The fourth-order valence-electron chi connectivity index (χ4n) is 1.20. The molecule has 0 spiro atoms. The molecule has 16 heavy (non-hydrogen) atoms. The summed E-state index contributed by atoms with van der Waals surface area (Å²) in [5.41, 5.74) is 10.1. The lowest BCUT2D eigenvalue weighted by Crippen LogP contribution is -2.11. The highest BCUT2D eigenvalue weighted by Crippen LogP contribution is 2.37. The van der Waals surface area contributed by atoms with Crippen LogP contribution < -0.4 is 11.5 Å². The highest BCUT2D eigenvalue weighted by atomic mass is 79.9. The van der Waals surface area contributed by atoms with Crippen molar-refractivity contribution in [2.75, 3.05) is 18.6 Å². The van der Waals surface area contributed by atoms with E-state index in [0.717, 1.165) is 7.11 Å². The molecular weight excluding hydrogens is 282 g/mol. The van der Waals surface area contributed by atoms with Gasteiger partial charge in [-0.25, -0.2) is 4.79 Å². The zero-order chi connectivity index (χ0) is 12.5. The number of carbonyl (C=O) groups is 1. The largest absolute Gasteiger partial charge is 0.465 e. The number of nitrogens with two attached hydrogens (primary N) is 2. The molecular formula is C8H8BrN3O4. The van der Waals surface area contributed by atoms with Gasteiger partial charge in [0.1, 0.15) is 11.3 Å². The fourth-order valence-corrected chi connectivity index (χ4v) is 1.80. The predicted octanol–water partition coefficient (Wildman–Crippen LogP) is 1.31. The van der Waals surface area contributed by atoms with Crippen LogP contribution in [0.25, 0.3) is 0 Å². The number of nitro groups is 1. The van der Waals surface area contributed by atoms with Crippen molar-refractivity contribution in [3.8, 4) is 0 Å². The number of anilines is 2. The van der Waals surface area contributed by atoms with Crippen LogP contribution in [0.3, 0.4) is 0 Å². The normalized spacial score (nSPS) is 9.88. The Kier molecular flexibility index (Phi) is 3.33. The number of methoxy groups -OCH3 is 1. The Bertz CT molecular complexity index is 475. The van der Waals surface area contributed by atoms with Gasteiger partial charge < -0.3 is 16.2 Å². The highest BCUT2D eigenvalue weighted by molar-refractivity contribution is 9.10. The molecule has 0 aliphatic rings. The second kappa shape index (κ2) is 4.35. The van der Waals surface area contributed by atoms with Gasteiger partial charge in [-0.05, 0) is 22.0 Å². The van der Waals surface area contributed by atoms with Gasteiger partial charge in [0, 0.05) is 5.69 Å². The first-order chi connectivity index (χ1) is 7.40. The maximum absolute atomic E-state index is 11.3. The first-order valence-electron chi connectivity index (χ1n) is 4.00. The van der Waals surface area contributed by atoms with Crippen LogP contribution in [0.4, 0.5) is 17.1 Å². The van der Waals surface area contributed by atoms with Gasteiger partial charge in [-0.15, -0.1) is 0 Å². The average molecular weight is 290 g/mol. The number of nitro benzene ring substituents is 1. The second-order valence-corrected chi connectivity index (χ2v) is 3.69. The number of hydrogen-bond donors (Lipinski definition) is 2. The Morgan fingerprint density at radius 2 is 2.12 bits per heavy atom. The van der Waals surface area contributed by atoms with Crippen LogP contribution in [-0.4, -0.2) is 18.0 Å². The van der Waals surface area contributed by atoms with Gasteiger partial charge >= 0.3 is 11.7 Å². The van der Waals surface area contributed by atoms with Gasteiger partial charge in [0.05, 0.1) is 16.5 Å². The van der Waals surface area contributed by atoms with Crippen LogP contribution in [0.2, 0.25) is 0 Å². The lowest BCUT2D eigenvalue weighted by Gasteiger charge is -2.08. The number of halogens is 1. The fraction of sp³-hybridized carbons (Fsp3) is 0.125. The van der Waals surface area contributed by atoms with Crippen LogP contribution in [0.1, 0.15) is 10.4 Å². The van der Waals surface area contributed by atoms with E-state index in [2.05, 4.69) is 20.7 Å². The van der Waals surface area contributed by atoms with Gasteiger partial charge in [-0.1, -0.05) is 0 Å². The third kappa shape index (κ3) is 1.91. The summed E-state index contributed by atoms with van der Waals surface area (Å²) in [6, 6.07) is 1.24. The van der Waals surface area contributed by atoms with E-state index in [1.165, 1.54) is 6.07 Å².